The Bertz CT molecular complexity index is 907. The quantitative estimate of drug-likeness (QED) is 0.256. The first-order valence-electron chi connectivity index (χ1n) is 9.48. The SMILES string of the molecule is C=CCOc1ccc(CNCCSc2nnnn2-c2ccccc2)cc1OCC.Cl. The van der Waals surface area contributed by atoms with Gasteiger partial charge in [-0.15, -0.1) is 17.5 Å². The average molecular weight is 448 g/mol. The van der Waals surface area contributed by atoms with Crippen molar-refractivity contribution < 1.29 is 9.47 Å². The zero-order chi connectivity index (χ0) is 20.3. The first-order chi connectivity index (χ1) is 14.3. The van der Waals surface area contributed by atoms with Crippen molar-refractivity contribution in [3.05, 3.63) is 66.7 Å². The summed E-state index contributed by atoms with van der Waals surface area (Å²) in [5, 5.41) is 16.2. The molecule has 0 aliphatic rings. The summed E-state index contributed by atoms with van der Waals surface area (Å²) in [7, 11) is 0. The molecule has 0 bridgehead atoms. The molecular weight excluding hydrogens is 422 g/mol. The van der Waals surface area contributed by atoms with Crippen LogP contribution in [0.2, 0.25) is 0 Å². The van der Waals surface area contributed by atoms with Crippen molar-refractivity contribution in [2.45, 2.75) is 18.6 Å². The number of rotatable bonds is 12. The van der Waals surface area contributed by atoms with Gasteiger partial charge in [0.2, 0.25) is 5.16 Å². The van der Waals surface area contributed by atoms with E-state index in [2.05, 4.69) is 27.4 Å². The van der Waals surface area contributed by atoms with E-state index in [1.807, 2.05) is 55.5 Å². The third kappa shape index (κ3) is 6.76. The molecule has 160 valence electrons. The van der Waals surface area contributed by atoms with Gasteiger partial charge in [0.15, 0.2) is 11.5 Å². The predicted molar refractivity (Wildman–Crippen MR) is 122 cm³/mol. The minimum Gasteiger partial charge on any atom is -0.490 e. The lowest BCUT2D eigenvalue weighted by Crippen LogP contribution is -2.17. The molecule has 0 aliphatic carbocycles. The number of para-hydroxylation sites is 1. The molecule has 1 N–H and O–H groups in total. The summed E-state index contributed by atoms with van der Waals surface area (Å²) in [5.74, 6) is 2.34. The highest BCUT2D eigenvalue weighted by molar-refractivity contribution is 7.99. The minimum atomic E-state index is 0. The highest BCUT2D eigenvalue weighted by atomic mass is 35.5. The number of thioether (sulfide) groups is 1. The Labute approximate surface area is 187 Å². The van der Waals surface area contributed by atoms with E-state index >= 15 is 0 Å². The van der Waals surface area contributed by atoms with Crippen molar-refractivity contribution >= 4 is 24.2 Å². The Morgan fingerprint density at radius 3 is 2.73 bits per heavy atom. The van der Waals surface area contributed by atoms with Crippen molar-refractivity contribution in [3.8, 4) is 17.2 Å². The van der Waals surface area contributed by atoms with Crippen LogP contribution in [0.4, 0.5) is 0 Å². The van der Waals surface area contributed by atoms with Gasteiger partial charge in [0.25, 0.3) is 0 Å². The van der Waals surface area contributed by atoms with E-state index in [0.717, 1.165) is 46.7 Å². The van der Waals surface area contributed by atoms with E-state index in [-0.39, 0.29) is 12.4 Å². The van der Waals surface area contributed by atoms with E-state index in [1.165, 1.54) is 0 Å². The smallest absolute Gasteiger partial charge is 0.214 e. The number of tetrazole rings is 1. The summed E-state index contributed by atoms with van der Waals surface area (Å²) < 4.78 is 13.1. The lowest BCUT2D eigenvalue weighted by Gasteiger charge is -2.13. The van der Waals surface area contributed by atoms with Gasteiger partial charge in [-0.05, 0) is 47.2 Å². The molecule has 3 rings (SSSR count). The lowest BCUT2D eigenvalue weighted by molar-refractivity contribution is 0.296. The zero-order valence-electron chi connectivity index (χ0n) is 16.9. The summed E-state index contributed by atoms with van der Waals surface area (Å²) in [6.45, 7) is 8.25. The van der Waals surface area contributed by atoms with E-state index in [4.69, 9.17) is 9.47 Å². The van der Waals surface area contributed by atoms with Crippen LogP contribution in [-0.4, -0.2) is 45.7 Å². The molecule has 0 saturated heterocycles. The number of hydrogen-bond donors (Lipinski definition) is 1. The Hall–Kier alpha value is -2.55. The maximum Gasteiger partial charge on any atom is 0.214 e. The van der Waals surface area contributed by atoms with Crippen LogP contribution in [0.1, 0.15) is 12.5 Å². The molecule has 3 aromatic rings. The molecule has 2 aromatic carbocycles. The monoisotopic (exact) mass is 447 g/mol. The number of aromatic nitrogens is 4. The fourth-order valence-corrected chi connectivity index (χ4v) is 3.43. The van der Waals surface area contributed by atoms with E-state index in [9.17, 15) is 0 Å². The Kier molecular flexibility index (Phi) is 10.2. The molecule has 0 fully saturated rings. The fourth-order valence-electron chi connectivity index (χ4n) is 2.65. The highest BCUT2D eigenvalue weighted by Crippen LogP contribution is 2.28. The Morgan fingerprint density at radius 2 is 1.97 bits per heavy atom. The van der Waals surface area contributed by atoms with Gasteiger partial charge in [-0.25, -0.2) is 0 Å². The Morgan fingerprint density at radius 1 is 1.13 bits per heavy atom. The van der Waals surface area contributed by atoms with Gasteiger partial charge in [0.1, 0.15) is 6.61 Å². The first-order valence-corrected chi connectivity index (χ1v) is 10.5. The van der Waals surface area contributed by atoms with Crippen LogP contribution in [0.3, 0.4) is 0 Å². The van der Waals surface area contributed by atoms with Gasteiger partial charge >= 0.3 is 0 Å². The number of nitrogens with zero attached hydrogens (tertiary/aromatic N) is 4. The molecule has 1 heterocycles. The number of halogens is 1. The summed E-state index contributed by atoms with van der Waals surface area (Å²) in [6.07, 6.45) is 1.72. The number of benzene rings is 2. The normalized spacial score (nSPS) is 10.3. The number of nitrogens with one attached hydrogen (secondary N) is 1. The lowest BCUT2D eigenvalue weighted by atomic mass is 10.2. The maximum absolute atomic E-state index is 5.69. The third-order valence-electron chi connectivity index (χ3n) is 3.95. The third-order valence-corrected chi connectivity index (χ3v) is 4.87. The van der Waals surface area contributed by atoms with Crippen LogP contribution < -0.4 is 14.8 Å². The second-order valence-electron chi connectivity index (χ2n) is 6.05. The first kappa shape index (κ1) is 23.7. The standard InChI is InChI=1S/C21H25N5O2S.ClH/c1-3-13-28-19-11-10-17(15-20(19)27-4-2)16-22-12-14-29-21-23-24-25-26(21)18-8-6-5-7-9-18;/h3,5-11,15,22H,1,4,12-14,16H2,2H3;1H. The van der Waals surface area contributed by atoms with E-state index in [1.54, 1.807) is 22.5 Å². The van der Waals surface area contributed by atoms with Crippen molar-refractivity contribution in [2.24, 2.45) is 0 Å². The van der Waals surface area contributed by atoms with Gasteiger partial charge in [-0.1, -0.05) is 48.7 Å². The molecule has 7 nitrogen and oxygen atoms in total. The van der Waals surface area contributed by atoms with Crippen LogP contribution in [0.5, 0.6) is 11.5 Å². The highest BCUT2D eigenvalue weighted by Gasteiger charge is 2.09. The second-order valence-corrected chi connectivity index (χ2v) is 7.11. The van der Waals surface area contributed by atoms with Gasteiger partial charge in [-0.2, -0.15) is 4.68 Å². The van der Waals surface area contributed by atoms with E-state index in [0.29, 0.717) is 13.2 Å². The molecule has 0 spiro atoms. The van der Waals surface area contributed by atoms with Gasteiger partial charge in [0.05, 0.1) is 12.3 Å². The number of ether oxygens (including phenoxy) is 2. The van der Waals surface area contributed by atoms with Gasteiger partial charge in [-0.3, -0.25) is 0 Å². The van der Waals surface area contributed by atoms with Crippen LogP contribution in [-0.2, 0) is 6.54 Å². The maximum atomic E-state index is 5.69. The largest absolute Gasteiger partial charge is 0.490 e. The molecule has 0 saturated carbocycles. The van der Waals surface area contributed by atoms with Crippen LogP contribution in [0.15, 0.2) is 66.3 Å². The molecule has 30 heavy (non-hydrogen) atoms. The zero-order valence-corrected chi connectivity index (χ0v) is 18.5. The molecule has 1 aromatic heterocycles. The molecule has 0 atom stereocenters. The second kappa shape index (κ2) is 12.9. The minimum absolute atomic E-state index is 0. The fraction of sp³-hybridized carbons (Fsp3) is 0.286. The van der Waals surface area contributed by atoms with Crippen LogP contribution in [0.25, 0.3) is 5.69 Å². The van der Waals surface area contributed by atoms with Crippen LogP contribution in [0, 0.1) is 0 Å². The molecule has 0 unspecified atom stereocenters. The van der Waals surface area contributed by atoms with Crippen molar-refractivity contribution in [2.75, 3.05) is 25.5 Å². The van der Waals surface area contributed by atoms with Crippen molar-refractivity contribution in [3.63, 3.8) is 0 Å². The topological polar surface area (TPSA) is 74.1 Å². The summed E-state index contributed by atoms with van der Waals surface area (Å²) >= 11 is 1.62. The van der Waals surface area contributed by atoms with Gasteiger partial charge < -0.3 is 14.8 Å². The number of hydrogen-bond acceptors (Lipinski definition) is 7. The average Bonchev–Trinajstić information content (AvgIpc) is 3.22. The summed E-state index contributed by atoms with van der Waals surface area (Å²) in [6, 6.07) is 15.9. The summed E-state index contributed by atoms with van der Waals surface area (Å²) in [4.78, 5) is 0. The van der Waals surface area contributed by atoms with E-state index < -0.39 is 0 Å². The summed E-state index contributed by atoms with van der Waals surface area (Å²) in [5.41, 5.74) is 2.09. The molecule has 0 amide bonds. The van der Waals surface area contributed by atoms with Gasteiger partial charge in [0, 0.05) is 18.8 Å². The molecule has 9 heteroatoms. The van der Waals surface area contributed by atoms with Crippen molar-refractivity contribution in [1.29, 1.82) is 0 Å². The molecule has 0 radical (unpaired) electrons. The molecule has 0 aliphatic heterocycles. The molecular formula is C21H26ClN5O2S. The van der Waals surface area contributed by atoms with Crippen molar-refractivity contribution in [1.82, 2.24) is 25.5 Å². The van der Waals surface area contributed by atoms with Crippen LogP contribution >= 0.6 is 24.2 Å². The Balaban J connectivity index is 0.00000320. The predicted octanol–water partition coefficient (Wildman–Crippen LogP) is 3.93.